The second kappa shape index (κ2) is 7.39. The summed E-state index contributed by atoms with van der Waals surface area (Å²) >= 11 is 0. The van der Waals surface area contributed by atoms with Crippen LogP contribution in [0.25, 0.3) is 0 Å². The minimum atomic E-state index is -0.100. The molecule has 21 heavy (non-hydrogen) atoms. The first-order chi connectivity index (χ1) is 10.2. The quantitative estimate of drug-likeness (QED) is 0.588. The second-order valence-corrected chi connectivity index (χ2v) is 4.50. The number of carbonyl (C=O) groups is 1. The second-order valence-electron chi connectivity index (χ2n) is 4.50. The molecule has 2 heterocycles. The maximum atomic E-state index is 11.2. The van der Waals surface area contributed by atoms with Crippen molar-refractivity contribution in [2.45, 2.75) is 26.1 Å². The van der Waals surface area contributed by atoms with E-state index in [1.54, 1.807) is 28.8 Å². The first kappa shape index (κ1) is 15.0. The van der Waals surface area contributed by atoms with E-state index in [4.69, 9.17) is 5.11 Å². The predicted octanol–water partition coefficient (Wildman–Crippen LogP) is -0.785. The van der Waals surface area contributed by atoms with Gasteiger partial charge in [0.2, 0.25) is 5.91 Å². The summed E-state index contributed by atoms with van der Waals surface area (Å²) in [6.45, 7) is 1.49. The Morgan fingerprint density at radius 2 is 2.24 bits per heavy atom. The van der Waals surface area contributed by atoms with Gasteiger partial charge in [-0.05, 0) is 6.42 Å². The normalized spacial score (nSPS) is 10.6. The molecule has 0 aliphatic rings. The third-order valence-corrected chi connectivity index (χ3v) is 2.82. The number of aromatic nitrogens is 5. The van der Waals surface area contributed by atoms with Gasteiger partial charge in [0.05, 0.1) is 24.6 Å². The highest BCUT2D eigenvalue weighted by Crippen LogP contribution is 2.06. The van der Waals surface area contributed by atoms with Crippen molar-refractivity contribution < 1.29 is 9.90 Å². The molecule has 0 aliphatic carbocycles. The molecular formula is C12H19N7O2. The highest BCUT2D eigenvalue weighted by atomic mass is 16.3. The number of aliphatic hydroxyl groups excluding tert-OH is 1. The predicted molar refractivity (Wildman–Crippen MR) is 75.3 cm³/mol. The molecular weight excluding hydrogens is 274 g/mol. The molecule has 114 valence electrons. The Hall–Kier alpha value is -2.42. The van der Waals surface area contributed by atoms with Gasteiger partial charge in [0, 0.05) is 26.4 Å². The minimum absolute atomic E-state index is 0.100. The zero-order valence-corrected chi connectivity index (χ0v) is 11.9. The number of nitrogens with zero attached hydrogens (tertiary/aromatic N) is 5. The first-order valence-corrected chi connectivity index (χ1v) is 6.68. The first-order valence-electron chi connectivity index (χ1n) is 6.68. The van der Waals surface area contributed by atoms with Crippen LogP contribution in [0, 0.1) is 0 Å². The molecule has 0 fully saturated rings. The van der Waals surface area contributed by atoms with Crippen LogP contribution in [0.3, 0.4) is 0 Å². The SMILES string of the molecule is CNC(=O)Cn1cc(NCc2cn(CCCO)nn2)cn1. The van der Waals surface area contributed by atoms with E-state index in [2.05, 4.69) is 26.0 Å². The molecule has 0 saturated heterocycles. The molecule has 3 N–H and O–H groups in total. The molecule has 0 aromatic carbocycles. The Morgan fingerprint density at radius 1 is 1.38 bits per heavy atom. The third kappa shape index (κ3) is 4.56. The van der Waals surface area contributed by atoms with Crippen molar-refractivity contribution in [3.63, 3.8) is 0 Å². The highest BCUT2D eigenvalue weighted by molar-refractivity contribution is 5.75. The van der Waals surface area contributed by atoms with Crippen LogP contribution in [0.2, 0.25) is 0 Å². The number of hydrogen-bond donors (Lipinski definition) is 3. The van der Waals surface area contributed by atoms with Crippen LogP contribution in [0.4, 0.5) is 5.69 Å². The average Bonchev–Trinajstić information content (AvgIpc) is 3.12. The number of hydrogen-bond acceptors (Lipinski definition) is 6. The van der Waals surface area contributed by atoms with Gasteiger partial charge in [0.25, 0.3) is 0 Å². The Bertz CT molecular complexity index is 578. The summed E-state index contributed by atoms with van der Waals surface area (Å²) < 4.78 is 3.25. The van der Waals surface area contributed by atoms with Crippen LogP contribution >= 0.6 is 0 Å². The Labute approximate surface area is 122 Å². The summed E-state index contributed by atoms with van der Waals surface area (Å²) in [6, 6.07) is 0. The van der Waals surface area contributed by atoms with Crippen LogP contribution in [0.15, 0.2) is 18.6 Å². The largest absolute Gasteiger partial charge is 0.396 e. The fraction of sp³-hybridized carbons (Fsp3) is 0.500. The minimum Gasteiger partial charge on any atom is -0.396 e. The van der Waals surface area contributed by atoms with Crippen molar-refractivity contribution in [1.82, 2.24) is 30.1 Å². The number of likely N-dealkylation sites (N-methyl/N-ethyl adjacent to an activating group) is 1. The van der Waals surface area contributed by atoms with Crippen molar-refractivity contribution in [3.05, 3.63) is 24.3 Å². The average molecular weight is 293 g/mol. The maximum absolute atomic E-state index is 11.2. The van der Waals surface area contributed by atoms with Gasteiger partial charge in [-0.3, -0.25) is 14.2 Å². The molecule has 2 rings (SSSR count). The summed E-state index contributed by atoms with van der Waals surface area (Å²) in [6.07, 6.45) is 5.89. The van der Waals surface area contributed by atoms with Gasteiger partial charge in [-0.15, -0.1) is 5.10 Å². The van der Waals surface area contributed by atoms with Gasteiger partial charge < -0.3 is 15.7 Å². The van der Waals surface area contributed by atoms with Gasteiger partial charge in [0.15, 0.2) is 0 Å². The van der Waals surface area contributed by atoms with Crippen LogP contribution in [-0.4, -0.2) is 49.4 Å². The molecule has 0 radical (unpaired) electrons. The molecule has 0 atom stereocenters. The molecule has 0 bridgehead atoms. The lowest BCUT2D eigenvalue weighted by molar-refractivity contribution is -0.121. The van der Waals surface area contributed by atoms with Crippen LogP contribution in [0.5, 0.6) is 0 Å². The smallest absolute Gasteiger partial charge is 0.241 e. The standard InChI is InChI=1S/C12H19N7O2/c1-13-12(21)9-19-7-10(6-15-19)14-5-11-8-18(17-16-11)3-2-4-20/h6-8,14,20H,2-5,9H2,1H3,(H,13,21). The van der Waals surface area contributed by atoms with Crippen molar-refractivity contribution in [2.75, 3.05) is 19.0 Å². The van der Waals surface area contributed by atoms with Crippen LogP contribution in [0.1, 0.15) is 12.1 Å². The van der Waals surface area contributed by atoms with E-state index in [9.17, 15) is 4.79 Å². The van der Waals surface area contributed by atoms with Crippen LogP contribution < -0.4 is 10.6 Å². The highest BCUT2D eigenvalue weighted by Gasteiger charge is 2.04. The lowest BCUT2D eigenvalue weighted by Crippen LogP contribution is -2.23. The van der Waals surface area contributed by atoms with Gasteiger partial charge in [-0.2, -0.15) is 5.10 Å². The lowest BCUT2D eigenvalue weighted by atomic mass is 10.4. The van der Waals surface area contributed by atoms with Gasteiger partial charge in [-0.1, -0.05) is 5.21 Å². The van der Waals surface area contributed by atoms with Crippen molar-refractivity contribution in [2.24, 2.45) is 0 Å². The van der Waals surface area contributed by atoms with E-state index >= 15 is 0 Å². The number of amides is 1. The maximum Gasteiger partial charge on any atom is 0.241 e. The van der Waals surface area contributed by atoms with E-state index in [1.807, 2.05) is 6.20 Å². The number of anilines is 1. The molecule has 9 nitrogen and oxygen atoms in total. The number of nitrogens with one attached hydrogen (secondary N) is 2. The van der Waals surface area contributed by atoms with Crippen LogP contribution in [-0.2, 0) is 24.4 Å². The molecule has 0 saturated carbocycles. The Morgan fingerprint density at radius 3 is 3.00 bits per heavy atom. The molecule has 0 aliphatic heterocycles. The monoisotopic (exact) mass is 293 g/mol. The van der Waals surface area contributed by atoms with Gasteiger partial charge in [-0.25, -0.2) is 0 Å². The van der Waals surface area contributed by atoms with E-state index in [0.717, 1.165) is 11.4 Å². The zero-order chi connectivity index (χ0) is 15.1. The van der Waals surface area contributed by atoms with Crippen molar-refractivity contribution >= 4 is 11.6 Å². The van der Waals surface area contributed by atoms with Crippen molar-refractivity contribution in [3.8, 4) is 0 Å². The van der Waals surface area contributed by atoms with E-state index in [0.29, 0.717) is 19.5 Å². The number of aryl methyl sites for hydroxylation is 1. The third-order valence-electron chi connectivity index (χ3n) is 2.82. The summed E-state index contributed by atoms with van der Waals surface area (Å²) in [5, 5.41) is 26.5. The zero-order valence-electron chi connectivity index (χ0n) is 11.9. The van der Waals surface area contributed by atoms with Gasteiger partial charge >= 0.3 is 0 Å². The summed E-state index contributed by atoms with van der Waals surface area (Å²) in [4.78, 5) is 11.2. The number of rotatable bonds is 8. The molecule has 2 aromatic rings. The molecule has 9 heteroatoms. The summed E-state index contributed by atoms with van der Waals surface area (Å²) in [5.74, 6) is -0.100. The number of aliphatic hydroxyl groups is 1. The van der Waals surface area contributed by atoms with E-state index < -0.39 is 0 Å². The fourth-order valence-electron chi connectivity index (χ4n) is 1.72. The Kier molecular flexibility index (Phi) is 5.27. The van der Waals surface area contributed by atoms with Crippen molar-refractivity contribution in [1.29, 1.82) is 0 Å². The van der Waals surface area contributed by atoms with E-state index in [1.165, 1.54) is 0 Å². The molecule has 1 amide bonds. The molecule has 0 spiro atoms. The number of carbonyl (C=O) groups excluding carboxylic acids is 1. The topological polar surface area (TPSA) is 110 Å². The molecule has 2 aromatic heterocycles. The summed E-state index contributed by atoms with van der Waals surface area (Å²) in [5.41, 5.74) is 1.61. The Balaban J connectivity index is 1.82. The fourth-order valence-corrected chi connectivity index (χ4v) is 1.72. The van der Waals surface area contributed by atoms with Gasteiger partial charge in [0.1, 0.15) is 12.2 Å². The lowest BCUT2D eigenvalue weighted by Gasteiger charge is -2.00. The molecule has 0 unspecified atom stereocenters. The summed E-state index contributed by atoms with van der Waals surface area (Å²) in [7, 11) is 1.59. The van der Waals surface area contributed by atoms with E-state index in [-0.39, 0.29) is 19.1 Å².